The summed E-state index contributed by atoms with van der Waals surface area (Å²) >= 11 is 0. The van der Waals surface area contributed by atoms with Crippen LogP contribution in [-0.2, 0) is 9.47 Å². The number of fused-ring (bicyclic) bond motifs is 1. The Hall–Kier alpha value is -2.21. The van der Waals surface area contributed by atoms with Crippen LogP contribution in [-0.4, -0.2) is 32.7 Å². The van der Waals surface area contributed by atoms with Crippen molar-refractivity contribution in [3.05, 3.63) is 35.9 Å². The molecule has 1 N–H and O–H groups in total. The number of carbonyl (C=O) groups excluding carboxylic acids is 1. The van der Waals surface area contributed by atoms with Gasteiger partial charge in [-0.05, 0) is 30.2 Å². The molecule has 2 heterocycles. The van der Waals surface area contributed by atoms with Gasteiger partial charge in [0.1, 0.15) is 0 Å². The zero-order chi connectivity index (χ0) is 15.5. The summed E-state index contributed by atoms with van der Waals surface area (Å²) in [7, 11) is 0. The SMILES string of the molecule is C=C1COC[C@@H]1[C@@H](NC(=O)OCC)c1ccc2c(c1)OCO2. The van der Waals surface area contributed by atoms with Gasteiger partial charge in [-0.15, -0.1) is 0 Å². The topological polar surface area (TPSA) is 66.0 Å². The third-order valence-electron chi connectivity index (χ3n) is 3.82. The molecule has 1 aromatic rings. The second kappa shape index (κ2) is 6.27. The number of alkyl carbamates (subject to hydrolysis) is 1. The van der Waals surface area contributed by atoms with Crippen LogP contribution in [0.4, 0.5) is 4.79 Å². The molecule has 0 bridgehead atoms. The third-order valence-corrected chi connectivity index (χ3v) is 3.82. The molecule has 0 aliphatic carbocycles. The molecule has 1 fully saturated rings. The molecule has 2 aliphatic heterocycles. The van der Waals surface area contributed by atoms with Crippen LogP contribution in [0.1, 0.15) is 18.5 Å². The van der Waals surface area contributed by atoms with Crippen molar-refractivity contribution in [2.45, 2.75) is 13.0 Å². The van der Waals surface area contributed by atoms with Crippen LogP contribution in [0.15, 0.2) is 30.4 Å². The summed E-state index contributed by atoms with van der Waals surface area (Å²) in [5, 5.41) is 2.90. The normalized spacial score (nSPS) is 20.8. The van der Waals surface area contributed by atoms with E-state index in [-0.39, 0.29) is 18.8 Å². The minimum Gasteiger partial charge on any atom is -0.454 e. The molecule has 3 rings (SSSR count). The van der Waals surface area contributed by atoms with E-state index in [0.29, 0.717) is 31.3 Å². The predicted molar refractivity (Wildman–Crippen MR) is 78.9 cm³/mol. The molecule has 0 unspecified atom stereocenters. The van der Waals surface area contributed by atoms with E-state index in [0.717, 1.165) is 11.1 Å². The first-order valence-corrected chi connectivity index (χ1v) is 7.27. The Morgan fingerprint density at radius 2 is 2.27 bits per heavy atom. The minimum atomic E-state index is -0.454. The van der Waals surface area contributed by atoms with Crippen molar-refractivity contribution in [2.75, 3.05) is 26.6 Å². The van der Waals surface area contributed by atoms with Crippen LogP contribution in [0.5, 0.6) is 11.5 Å². The summed E-state index contributed by atoms with van der Waals surface area (Å²) in [5.41, 5.74) is 1.87. The summed E-state index contributed by atoms with van der Waals surface area (Å²) in [6, 6.07) is 5.36. The number of benzene rings is 1. The Balaban J connectivity index is 1.87. The second-order valence-electron chi connectivity index (χ2n) is 5.24. The first-order valence-electron chi connectivity index (χ1n) is 7.27. The number of amides is 1. The van der Waals surface area contributed by atoms with Gasteiger partial charge in [-0.3, -0.25) is 0 Å². The van der Waals surface area contributed by atoms with Crippen LogP contribution >= 0.6 is 0 Å². The van der Waals surface area contributed by atoms with Gasteiger partial charge >= 0.3 is 6.09 Å². The number of rotatable bonds is 4. The number of hydrogen-bond donors (Lipinski definition) is 1. The molecular formula is C16H19NO5. The Kier molecular flexibility index (Phi) is 4.20. The summed E-state index contributed by atoms with van der Waals surface area (Å²) in [5.74, 6) is 1.39. The maximum absolute atomic E-state index is 11.9. The molecular weight excluding hydrogens is 286 g/mol. The molecule has 0 saturated carbocycles. The number of carbonyl (C=O) groups is 1. The van der Waals surface area contributed by atoms with Crippen molar-refractivity contribution in [3.63, 3.8) is 0 Å². The fourth-order valence-corrected chi connectivity index (χ4v) is 2.70. The van der Waals surface area contributed by atoms with E-state index < -0.39 is 6.09 Å². The van der Waals surface area contributed by atoms with Crippen LogP contribution in [0.25, 0.3) is 0 Å². The highest BCUT2D eigenvalue weighted by atomic mass is 16.7. The van der Waals surface area contributed by atoms with Gasteiger partial charge in [0, 0.05) is 5.92 Å². The lowest BCUT2D eigenvalue weighted by Crippen LogP contribution is -2.34. The Morgan fingerprint density at radius 1 is 1.45 bits per heavy atom. The highest BCUT2D eigenvalue weighted by Crippen LogP contribution is 2.38. The molecule has 0 radical (unpaired) electrons. The summed E-state index contributed by atoms with van der Waals surface area (Å²) in [6.45, 7) is 7.37. The van der Waals surface area contributed by atoms with Crippen molar-refractivity contribution in [1.82, 2.24) is 5.32 Å². The van der Waals surface area contributed by atoms with Gasteiger partial charge in [-0.1, -0.05) is 12.6 Å². The lowest BCUT2D eigenvalue weighted by atomic mass is 9.89. The molecule has 22 heavy (non-hydrogen) atoms. The number of ether oxygens (including phenoxy) is 4. The molecule has 0 aromatic heterocycles. The lowest BCUT2D eigenvalue weighted by molar-refractivity contribution is 0.139. The van der Waals surface area contributed by atoms with Crippen molar-refractivity contribution >= 4 is 6.09 Å². The van der Waals surface area contributed by atoms with E-state index in [1.165, 1.54) is 0 Å². The summed E-state index contributed by atoms with van der Waals surface area (Å²) < 4.78 is 21.2. The molecule has 6 heteroatoms. The summed E-state index contributed by atoms with van der Waals surface area (Å²) in [6.07, 6.45) is -0.454. The van der Waals surface area contributed by atoms with Crippen LogP contribution in [0.2, 0.25) is 0 Å². The Bertz CT molecular complexity index is 586. The molecule has 1 aromatic carbocycles. The van der Waals surface area contributed by atoms with Gasteiger partial charge in [-0.25, -0.2) is 4.79 Å². The number of hydrogen-bond acceptors (Lipinski definition) is 5. The van der Waals surface area contributed by atoms with Crippen molar-refractivity contribution in [3.8, 4) is 11.5 Å². The second-order valence-corrected chi connectivity index (χ2v) is 5.24. The minimum absolute atomic E-state index is 0.00442. The first kappa shape index (κ1) is 14.7. The quantitative estimate of drug-likeness (QED) is 0.865. The van der Waals surface area contributed by atoms with Gasteiger partial charge in [0.2, 0.25) is 6.79 Å². The zero-order valence-corrected chi connectivity index (χ0v) is 12.5. The first-order chi connectivity index (χ1) is 10.7. The predicted octanol–water partition coefficient (Wildman–Crippen LogP) is 2.41. The van der Waals surface area contributed by atoms with E-state index in [1.807, 2.05) is 18.2 Å². The standard InChI is InChI=1S/C16H19NO5/c1-3-20-16(18)17-15(12-8-19-7-10(12)2)11-4-5-13-14(6-11)22-9-21-13/h4-6,12,15H,2-3,7-9H2,1H3,(H,17,18)/t12-,15-/m0/s1. The van der Waals surface area contributed by atoms with Crippen LogP contribution in [0, 0.1) is 5.92 Å². The van der Waals surface area contributed by atoms with Crippen molar-refractivity contribution < 1.29 is 23.7 Å². The zero-order valence-electron chi connectivity index (χ0n) is 12.5. The molecule has 118 valence electrons. The van der Waals surface area contributed by atoms with Crippen LogP contribution < -0.4 is 14.8 Å². The van der Waals surface area contributed by atoms with E-state index in [4.69, 9.17) is 18.9 Å². The monoisotopic (exact) mass is 305 g/mol. The van der Waals surface area contributed by atoms with E-state index in [1.54, 1.807) is 6.92 Å². The highest BCUT2D eigenvalue weighted by Gasteiger charge is 2.32. The average Bonchev–Trinajstić information content (AvgIpc) is 3.13. The van der Waals surface area contributed by atoms with E-state index in [2.05, 4.69) is 11.9 Å². The third kappa shape index (κ3) is 2.87. The van der Waals surface area contributed by atoms with E-state index in [9.17, 15) is 4.79 Å². The maximum Gasteiger partial charge on any atom is 0.407 e. The van der Waals surface area contributed by atoms with E-state index >= 15 is 0 Å². The molecule has 0 spiro atoms. The van der Waals surface area contributed by atoms with Crippen LogP contribution in [0.3, 0.4) is 0 Å². The summed E-state index contributed by atoms with van der Waals surface area (Å²) in [4.78, 5) is 11.9. The average molecular weight is 305 g/mol. The van der Waals surface area contributed by atoms with Gasteiger partial charge < -0.3 is 24.3 Å². The Labute approximate surface area is 129 Å². The Morgan fingerprint density at radius 3 is 3.00 bits per heavy atom. The molecule has 2 atom stereocenters. The van der Waals surface area contributed by atoms with Gasteiger partial charge in [0.25, 0.3) is 0 Å². The smallest absolute Gasteiger partial charge is 0.407 e. The van der Waals surface area contributed by atoms with Gasteiger partial charge in [-0.2, -0.15) is 0 Å². The van der Waals surface area contributed by atoms with Gasteiger partial charge in [0.05, 0.1) is 25.9 Å². The molecule has 6 nitrogen and oxygen atoms in total. The van der Waals surface area contributed by atoms with Gasteiger partial charge in [0.15, 0.2) is 11.5 Å². The maximum atomic E-state index is 11.9. The fourth-order valence-electron chi connectivity index (χ4n) is 2.70. The fraction of sp³-hybridized carbons (Fsp3) is 0.438. The van der Waals surface area contributed by atoms with Crippen molar-refractivity contribution in [2.24, 2.45) is 5.92 Å². The molecule has 1 amide bonds. The lowest BCUT2D eigenvalue weighted by Gasteiger charge is -2.25. The molecule has 1 saturated heterocycles. The molecule has 2 aliphatic rings. The number of nitrogens with one attached hydrogen (secondary N) is 1. The van der Waals surface area contributed by atoms with Crippen molar-refractivity contribution in [1.29, 1.82) is 0 Å². The highest BCUT2D eigenvalue weighted by molar-refractivity contribution is 5.68. The largest absolute Gasteiger partial charge is 0.454 e.